The van der Waals surface area contributed by atoms with Gasteiger partial charge in [-0.15, -0.1) is 13.2 Å². The van der Waals surface area contributed by atoms with E-state index in [0.717, 1.165) is 17.7 Å². The molecule has 6 nitrogen and oxygen atoms in total. The van der Waals surface area contributed by atoms with E-state index in [9.17, 15) is 27.6 Å². The fourth-order valence-electron chi connectivity index (χ4n) is 2.08. The number of benzene rings is 2. The van der Waals surface area contributed by atoms with E-state index < -0.39 is 36.4 Å². The Hall–Kier alpha value is -2.88. The Bertz CT molecular complexity index is 897. The van der Waals surface area contributed by atoms with Gasteiger partial charge in [0.1, 0.15) is 12.2 Å². The quantitative estimate of drug-likeness (QED) is 0.530. The van der Waals surface area contributed by atoms with E-state index in [1.54, 1.807) is 19.1 Å². The maximum absolute atomic E-state index is 12.1. The molecule has 0 aliphatic rings. The van der Waals surface area contributed by atoms with Gasteiger partial charge in [-0.2, -0.15) is 0 Å². The SMILES string of the molecule is Cc1cccc(C(=O)OC(=O)CC(=O)Nc2ccc(OC(F)(F)F)cc2)c1Br. The molecular formula is C18H13BrF3NO5. The van der Waals surface area contributed by atoms with Gasteiger partial charge in [0.25, 0.3) is 0 Å². The Labute approximate surface area is 165 Å². The summed E-state index contributed by atoms with van der Waals surface area (Å²) in [4.78, 5) is 35.6. The molecule has 1 amide bonds. The summed E-state index contributed by atoms with van der Waals surface area (Å²) in [5, 5.41) is 2.30. The molecule has 148 valence electrons. The largest absolute Gasteiger partial charge is 0.573 e. The van der Waals surface area contributed by atoms with Crippen molar-refractivity contribution < 1.29 is 37.0 Å². The van der Waals surface area contributed by atoms with Crippen LogP contribution in [0.1, 0.15) is 22.3 Å². The third kappa shape index (κ3) is 6.38. The number of anilines is 1. The fourth-order valence-corrected chi connectivity index (χ4v) is 2.50. The van der Waals surface area contributed by atoms with Crippen molar-refractivity contribution in [2.24, 2.45) is 0 Å². The van der Waals surface area contributed by atoms with E-state index in [1.165, 1.54) is 18.2 Å². The number of ether oxygens (including phenoxy) is 2. The number of hydrogen-bond acceptors (Lipinski definition) is 5. The highest BCUT2D eigenvalue weighted by atomic mass is 79.9. The van der Waals surface area contributed by atoms with Crippen LogP contribution in [0.25, 0.3) is 0 Å². The zero-order chi connectivity index (χ0) is 20.9. The van der Waals surface area contributed by atoms with Gasteiger partial charge in [-0.3, -0.25) is 9.59 Å². The molecule has 2 aromatic carbocycles. The van der Waals surface area contributed by atoms with Crippen molar-refractivity contribution >= 4 is 39.5 Å². The van der Waals surface area contributed by atoms with Crippen LogP contribution in [0, 0.1) is 6.92 Å². The first kappa shape index (κ1) is 21.4. The number of hydrogen-bond donors (Lipinski definition) is 1. The number of halogens is 4. The third-order valence-electron chi connectivity index (χ3n) is 3.29. The maximum Gasteiger partial charge on any atom is 0.573 e. The Balaban J connectivity index is 1.89. The van der Waals surface area contributed by atoms with Crippen LogP contribution in [0.5, 0.6) is 5.75 Å². The monoisotopic (exact) mass is 459 g/mol. The van der Waals surface area contributed by atoms with Crippen molar-refractivity contribution in [1.29, 1.82) is 0 Å². The summed E-state index contributed by atoms with van der Waals surface area (Å²) in [6.07, 6.45) is -5.58. The van der Waals surface area contributed by atoms with E-state index in [0.29, 0.717) is 4.47 Å². The summed E-state index contributed by atoms with van der Waals surface area (Å²) in [5.41, 5.74) is 1.03. The number of amides is 1. The zero-order valence-electron chi connectivity index (χ0n) is 14.3. The highest BCUT2D eigenvalue weighted by Crippen LogP contribution is 2.24. The standard InChI is InChI=1S/C18H13BrF3NO5/c1-10-3-2-4-13(16(10)19)17(26)27-15(25)9-14(24)23-11-5-7-12(8-6-11)28-18(20,21)22/h2-8H,9H2,1H3,(H,23,24). The second-order valence-electron chi connectivity index (χ2n) is 5.50. The Kier molecular flexibility index (Phi) is 6.79. The first-order valence-corrected chi connectivity index (χ1v) is 8.50. The van der Waals surface area contributed by atoms with Crippen LogP contribution in [-0.4, -0.2) is 24.2 Å². The molecular weight excluding hydrogens is 447 g/mol. The van der Waals surface area contributed by atoms with Crippen molar-refractivity contribution in [2.45, 2.75) is 19.7 Å². The lowest BCUT2D eigenvalue weighted by atomic mass is 10.1. The van der Waals surface area contributed by atoms with Gasteiger partial charge >= 0.3 is 18.3 Å². The van der Waals surface area contributed by atoms with Crippen molar-refractivity contribution in [1.82, 2.24) is 0 Å². The van der Waals surface area contributed by atoms with Crippen LogP contribution >= 0.6 is 15.9 Å². The Morgan fingerprint density at radius 3 is 2.32 bits per heavy atom. The number of alkyl halides is 3. The molecule has 0 saturated carbocycles. The summed E-state index contributed by atoms with van der Waals surface area (Å²) >= 11 is 3.22. The van der Waals surface area contributed by atoms with Crippen LogP contribution in [0.2, 0.25) is 0 Å². The smallest absolute Gasteiger partial charge is 0.406 e. The third-order valence-corrected chi connectivity index (χ3v) is 4.35. The van der Waals surface area contributed by atoms with E-state index in [-0.39, 0.29) is 11.3 Å². The number of rotatable bonds is 5. The van der Waals surface area contributed by atoms with Gasteiger partial charge in [0.15, 0.2) is 0 Å². The minimum atomic E-state index is -4.83. The summed E-state index contributed by atoms with van der Waals surface area (Å²) < 4.78 is 45.1. The molecule has 0 saturated heterocycles. The molecule has 0 fully saturated rings. The molecule has 2 aromatic rings. The highest BCUT2D eigenvalue weighted by Gasteiger charge is 2.31. The van der Waals surface area contributed by atoms with E-state index in [4.69, 9.17) is 0 Å². The summed E-state index contributed by atoms with van der Waals surface area (Å²) in [6.45, 7) is 1.75. The van der Waals surface area contributed by atoms with Gasteiger partial charge in [-0.25, -0.2) is 4.79 Å². The van der Waals surface area contributed by atoms with Gasteiger partial charge in [0, 0.05) is 10.2 Å². The van der Waals surface area contributed by atoms with E-state index in [2.05, 4.69) is 30.7 Å². The molecule has 28 heavy (non-hydrogen) atoms. The topological polar surface area (TPSA) is 81.7 Å². The minimum absolute atomic E-state index is 0.133. The van der Waals surface area contributed by atoms with Gasteiger partial charge in [-0.1, -0.05) is 12.1 Å². The first-order chi connectivity index (χ1) is 13.0. The number of aryl methyl sites for hydroxylation is 1. The lowest BCUT2D eigenvalue weighted by Gasteiger charge is -2.10. The molecule has 10 heteroatoms. The molecule has 0 atom stereocenters. The lowest BCUT2D eigenvalue weighted by Crippen LogP contribution is -2.21. The van der Waals surface area contributed by atoms with Crippen LogP contribution < -0.4 is 10.1 Å². The van der Waals surface area contributed by atoms with Gasteiger partial charge in [0.2, 0.25) is 5.91 Å². The van der Waals surface area contributed by atoms with Gasteiger partial charge in [-0.05, 0) is 58.7 Å². The second kappa shape index (κ2) is 8.87. The molecule has 0 aliphatic carbocycles. The number of esters is 2. The van der Waals surface area contributed by atoms with Crippen molar-refractivity contribution in [2.75, 3.05) is 5.32 Å². The molecule has 2 rings (SSSR count). The van der Waals surface area contributed by atoms with Crippen LogP contribution in [0.3, 0.4) is 0 Å². The average Bonchev–Trinajstić information content (AvgIpc) is 2.57. The molecule has 1 N–H and O–H groups in total. The molecule has 0 aromatic heterocycles. The van der Waals surface area contributed by atoms with E-state index >= 15 is 0 Å². The lowest BCUT2D eigenvalue weighted by molar-refractivity contribution is -0.274. The summed E-state index contributed by atoms with van der Waals surface area (Å²) in [5.74, 6) is -3.25. The Morgan fingerprint density at radius 2 is 1.71 bits per heavy atom. The zero-order valence-corrected chi connectivity index (χ0v) is 15.9. The van der Waals surface area contributed by atoms with Crippen molar-refractivity contribution in [3.05, 3.63) is 58.1 Å². The van der Waals surface area contributed by atoms with Crippen LogP contribution in [0.4, 0.5) is 18.9 Å². The van der Waals surface area contributed by atoms with Crippen molar-refractivity contribution in [3.8, 4) is 5.75 Å². The maximum atomic E-state index is 12.1. The normalized spacial score (nSPS) is 10.9. The average molecular weight is 460 g/mol. The second-order valence-corrected chi connectivity index (χ2v) is 6.29. The summed E-state index contributed by atoms with van der Waals surface area (Å²) in [7, 11) is 0. The fraction of sp³-hybridized carbons (Fsp3) is 0.167. The van der Waals surface area contributed by atoms with Gasteiger partial charge in [0.05, 0.1) is 5.56 Å². The molecule has 0 bridgehead atoms. The molecule has 0 heterocycles. The highest BCUT2D eigenvalue weighted by molar-refractivity contribution is 9.10. The summed E-state index contributed by atoms with van der Waals surface area (Å²) in [6, 6.07) is 9.15. The Morgan fingerprint density at radius 1 is 1.07 bits per heavy atom. The number of carbonyl (C=O) groups excluding carboxylic acids is 3. The first-order valence-electron chi connectivity index (χ1n) is 7.71. The number of carbonyl (C=O) groups is 3. The molecule has 0 unspecified atom stereocenters. The predicted octanol–water partition coefficient (Wildman–Crippen LogP) is 4.37. The molecule has 0 spiro atoms. The predicted molar refractivity (Wildman–Crippen MR) is 95.7 cm³/mol. The molecule has 0 aliphatic heterocycles. The van der Waals surface area contributed by atoms with Crippen LogP contribution in [0.15, 0.2) is 46.9 Å². The van der Waals surface area contributed by atoms with Crippen molar-refractivity contribution in [3.63, 3.8) is 0 Å². The van der Waals surface area contributed by atoms with Crippen LogP contribution in [-0.2, 0) is 14.3 Å². The van der Waals surface area contributed by atoms with E-state index in [1.807, 2.05) is 0 Å². The number of nitrogens with one attached hydrogen (secondary N) is 1. The van der Waals surface area contributed by atoms with Gasteiger partial charge < -0.3 is 14.8 Å². The minimum Gasteiger partial charge on any atom is -0.406 e. The molecule has 0 radical (unpaired) electrons.